The molecule has 0 aliphatic rings. The van der Waals surface area contributed by atoms with Gasteiger partial charge >= 0.3 is 0 Å². The van der Waals surface area contributed by atoms with Gasteiger partial charge in [0.2, 0.25) is 0 Å². The fourth-order valence-electron chi connectivity index (χ4n) is 5.64. The number of rotatable bonds is 11. The van der Waals surface area contributed by atoms with Gasteiger partial charge in [-0.3, -0.25) is 0 Å². The van der Waals surface area contributed by atoms with E-state index in [2.05, 4.69) is 6.07 Å². The van der Waals surface area contributed by atoms with Gasteiger partial charge in [-0.05, 0) is 41.3 Å². The molecule has 6 rings (SSSR count). The molecule has 6 aromatic carbocycles. The third-order valence-electron chi connectivity index (χ3n) is 7.92. The summed E-state index contributed by atoms with van der Waals surface area (Å²) in [4.78, 5) is 0. The lowest BCUT2D eigenvalue weighted by molar-refractivity contribution is 0.107. The number of hydrogen-bond donors (Lipinski definition) is 2. The Kier molecular flexibility index (Phi) is 9.24. The lowest BCUT2D eigenvalue weighted by atomic mass is 9.94. The molecule has 0 saturated heterocycles. The molecule has 0 spiro atoms. The van der Waals surface area contributed by atoms with Crippen LogP contribution in [0.2, 0.25) is 0 Å². The first-order valence-electron chi connectivity index (χ1n) is 15.2. The van der Waals surface area contributed by atoms with Crippen molar-refractivity contribution in [2.45, 2.75) is 20.0 Å². The standard InChI is InChI=1S/C41H36O4/c1-29-23-24-39(38(27-29)37-22-11-20-35(41(37)43)31-15-6-3-7-16-31)45-26-12-25-44-28-32-17-8-9-18-33(32)36-21-10-19-34(40(36)42)30-13-4-2-5-14-30/h2-11,13-24,27,42-43H,12,25-26,28H2,1H3. The summed E-state index contributed by atoms with van der Waals surface area (Å²) < 4.78 is 12.3. The average Bonchev–Trinajstić information content (AvgIpc) is 3.08. The van der Waals surface area contributed by atoms with Gasteiger partial charge in [-0.1, -0.05) is 133 Å². The molecule has 0 unspecified atom stereocenters. The van der Waals surface area contributed by atoms with Crippen molar-refractivity contribution in [1.29, 1.82) is 0 Å². The molecule has 0 aromatic heterocycles. The number of hydrogen-bond acceptors (Lipinski definition) is 4. The van der Waals surface area contributed by atoms with Crippen molar-refractivity contribution in [3.05, 3.63) is 151 Å². The Morgan fingerprint density at radius 3 is 1.67 bits per heavy atom. The van der Waals surface area contributed by atoms with Crippen LogP contribution in [-0.4, -0.2) is 23.4 Å². The largest absolute Gasteiger partial charge is 0.507 e. The molecule has 0 atom stereocenters. The lowest BCUT2D eigenvalue weighted by Crippen LogP contribution is -2.05. The Hall–Kier alpha value is -5.32. The van der Waals surface area contributed by atoms with Crippen molar-refractivity contribution in [3.63, 3.8) is 0 Å². The summed E-state index contributed by atoms with van der Waals surface area (Å²) in [5.74, 6) is 1.22. The summed E-state index contributed by atoms with van der Waals surface area (Å²) in [7, 11) is 0. The van der Waals surface area contributed by atoms with Crippen molar-refractivity contribution in [2.75, 3.05) is 13.2 Å². The van der Waals surface area contributed by atoms with Crippen LogP contribution in [0.5, 0.6) is 17.2 Å². The third-order valence-corrected chi connectivity index (χ3v) is 7.92. The van der Waals surface area contributed by atoms with Crippen LogP contribution < -0.4 is 4.74 Å². The first-order valence-corrected chi connectivity index (χ1v) is 15.2. The zero-order chi connectivity index (χ0) is 31.0. The van der Waals surface area contributed by atoms with Crippen LogP contribution in [0.3, 0.4) is 0 Å². The molecule has 0 aliphatic carbocycles. The van der Waals surface area contributed by atoms with Crippen molar-refractivity contribution in [3.8, 4) is 61.8 Å². The smallest absolute Gasteiger partial charge is 0.131 e. The Morgan fingerprint density at radius 2 is 1.02 bits per heavy atom. The highest BCUT2D eigenvalue weighted by atomic mass is 16.5. The molecule has 0 heterocycles. The lowest BCUT2D eigenvalue weighted by Gasteiger charge is -2.16. The van der Waals surface area contributed by atoms with E-state index in [4.69, 9.17) is 9.47 Å². The maximum Gasteiger partial charge on any atom is 0.131 e. The molecule has 0 radical (unpaired) electrons. The minimum Gasteiger partial charge on any atom is -0.507 e. The summed E-state index contributed by atoms with van der Waals surface area (Å²) in [5.41, 5.74) is 8.95. The Morgan fingerprint density at radius 1 is 0.489 bits per heavy atom. The fourth-order valence-corrected chi connectivity index (χ4v) is 5.64. The first kappa shape index (κ1) is 29.7. The molecule has 45 heavy (non-hydrogen) atoms. The molecule has 2 N–H and O–H groups in total. The summed E-state index contributed by atoms with van der Waals surface area (Å²) >= 11 is 0. The number of phenolic OH excluding ortho intramolecular Hbond substituents is 2. The molecule has 0 bridgehead atoms. The zero-order valence-electron chi connectivity index (χ0n) is 25.3. The molecule has 4 heteroatoms. The zero-order valence-corrected chi connectivity index (χ0v) is 25.3. The summed E-state index contributed by atoms with van der Waals surface area (Å²) in [6.07, 6.45) is 0.695. The van der Waals surface area contributed by atoms with Crippen molar-refractivity contribution < 1.29 is 19.7 Å². The maximum absolute atomic E-state index is 11.3. The van der Waals surface area contributed by atoms with Crippen LogP contribution in [-0.2, 0) is 11.3 Å². The van der Waals surface area contributed by atoms with Gasteiger partial charge < -0.3 is 19.7 Å². The van der Waals surface area contributed by atoms with Gasteiger partial charge in [0.25, 0.3) is 0 Å². The van der Waals surface area contributed by atoms with Crippen LogP contribution in [0, 0.1) is 6.92 Å². The first-order chi connectivity index (χ1) is 22.1. The number of para-hydroxylation sites is 2. The summed E-state index contributed by atoms with van der Waals surface area (Å²) in [6.45, 7) is 3.44. The Bertz CT molecular complexity index is 1880. The van der Waals surface area contributed by atoms with E-state index < -0.39 is 0 Å². The van der Waals surface area contributed by atoms with E-state index in [1.54, 1.807) is 0 Å². The SMILES string of the molecule is Cc1ccc(OCCCOCc2ccccc2-c2cccc(-c3ccccc3)c2O)c(-c2cccc(-c3ccccc3)c2O)c1. The van der Waals surface area contributed by atoms with E-state index >= 15 is 0 Å². The minimum absolute atomic E-state index is 0.237. The second-order valence-electron chi connectivity index (χ2n) is 11.0. The molecule has 4 nitrogen and oxygen atoms in total. The summed E-state index contributed by atoms with van der Waals surface area (Å²) in [6, 6.07) is 45.6. The quantitative estimate of drug-likeness (QED) is 0.147. The van der Waals surface area contributed by atoms with Crippen molar-refractivity contribution >= 4 is 0 Å². The molecular weight excluding hydrogens is 556 g/mol. The monoisotopic (exact) mass is 592 g/mol. The Labute approximate surface area is 264 Å². The number of ether oxygens (including phenoxy) is 2. The number of aryl methyl sites for hydroxylation is 1. The third kappa shape index (κ3) is 6.77. The van der Waals surface area contributed by atoms with E-state index in [-0.39, 0.29) is 11.5 Å². The van der Waals surface area contributed by atoms with Gasteiger partial charge in [0, 0.05) is 34.2 Å². The highest BCUT2D eigenvalue weighted by Crippen LogP contribution is 2.42. The molecule has 0 fully saturated rings. The van der Waals surface area contributed by atoms with Crippen LogP contribution in [0.4, 0.5) is 0 Å². The highest BCUT2D eigenvalue weighted by Gasteiger charge is 2.16. The van der Waals surface area contributed by atoms with Crippen LogP contribution in [0.25, 0.3) is 44.5 Å². The van der Waals surface area contributed by atoms with E-state index in [1.165, 1.54) is 0 Å². The van der Waals surface area contributed by atoms with Crippen LogP contribution in [0.1, 0.15) is 17.5 Å². The highest BCUT2D eigenvalue weighted by molar-refractivity contribution is 5.85. The van der Waals surface area contributed by atoms with Crippen molar-refractivity contribution in [1.82, 2.24) is 0 Å². The van der Waals surface area contributed by atoms with E-state index in [0.29, 0.717) is 26.2 Å². The van der Waals surface area contributed by atoms with Gasteiger partial charge in [-0.25, -0.2) is 0 Å². The Balaban J connectivity index is 1.10. The van der Waals surface area contributed by atoms with E-state index in [9.17, 15) is 10.2 Å². The molecule has 224 valence electrons. The molecule has 6 aromatic rings. The molecule has 0 aliphatic heterocycles. The predicted molar refractivity (Wildman–Crippen MR) is 182 cm³/mol. The van der Waals surface area contributed by atoms with E-state index in [0.717, 1.165) is 61.4 Å². The van der Waals surface area contributed by atoms with Gasteiger partial charge in [-0.15, -0.1) is 0 Å². The van der Waals surface area contributed by atoms with Crippen LogP contribution in [0.15, 0.2) is 140 Å². The number of benzene rings is 6. The topological polar surface area (TPSA) is 58.9 Å². The van der Waals surface area contributed by atoms with Crippen LogP contribution >= 0.6 is 0 Å². The normalized spacial score (nSPS) is 11.0. The van der Waals surface area contributed by atoms with Gasteiger partial charge in [-0.2, -0.15) is 0 Å². The number of phenols is 2. The fraction of sp³-hybridized carbons (Fsp3) is 0.122. The number of aromatic hydroxyl groups is 2. The molecule has 0 amide bonds. The average molecular weight is 593 g/mol. The van der Waals surface area contributed by atoms with Gasteiger partial charge in [0.1, 0.15) is 17.2 Å². The van der Waals surface area contributed by atoms with Crippen molar-refractivity contribution in [2.24, 2.45) is 0 Å². The van der Waals surface area contributed by atoms with Gasteiger partial charge in [0.15, 0.2) is 0 Å². The van der Waals surface area contributed by atoms with Gasteiger partial charge in [0.05, 0.1) is 19.8 Å². The minimum atomic E-state index is 0.237. The maximum atomic E-state index is 11.3. The van der Waals surface area contributed by atoms with E-state index in [1.807, 2.05) is 140 Å². The second kappa shape index (κ2) is 14.0. The molecular formula is C41H36O4. The predicted octanol–water partition coefficient (Wildman–Crippen LogP) is 10.1. The molecule has 0 saturated carbocycles. The second-order valence-corrected chi connectivity index (χ2v) is 11.0. The summed E-state index contributed by atoms with van der Waals surface area (Å²) in [5, 5.41) is 22.5.